The van der Waals surface area contributed by atoms with Crippen molar-refractivity contribution in [1.82, 2.24) is 42.5 Å². The summed E-state index contributed by atoms with van der Waals surface area (Å²) in [7, 11) is -1.35. The molecule has 3 saturated heterocycles. The van der Waals surface area contributed by atoms with Gasteiger partial charge in [0, 0.05) is 147 Å². The minimum absolute atomic E-state index is 0.0867. The van der Waals surface area contributed by atoms with Crippen LogP contribution < -0.4 is 42.5 Å². The van der Waals surface area contributed by atoms with Crippen molar-refractivity contribution in [1.29, 1.82) is 5.26 Å². The first-order valence-corrected chi connectivity index (χ1v) is 54.8. The van der Waals surface area contributed by atoms with E-state index in [4.69, 9.17) is 84.8 Å². The van der Waals surface area contributed by atoms with Gasteiger partial charge in [0.05, 0.1) is 38.9 Å². The van der Waals surface area contributed by atoms with E-state index in [9.17, 15) is 86.8 Å². The van der Waals surface area contributed by atoms with Gasteiger partial charge >= 0.3 is 53.7 Å². The second-order valence-electron chi connectivity index (χ2n) is 38.7. The van der Waals surface area contributed by atoms with Gasteiger partial charge in [-0.3, -0.25) is 81.5 Å². The lowest BCUT2D eigenvalue weighted by atomic mass is 9.96. The highest BCUT2D eigenvalue weighted by Crippen LogP contribution is 2.50. The number of nitriles is 1. The number of hydrogen-bond acceptors (Lipinski definition) is 36. The second kappa shape index (κ2) is 79.5. The molecule has 0 aromatic rings. The topological polar surface area (TPSA) is 576 Å². The molecule has 3 fully saturated rings. The molecule has 3 aliphatic rings. The first-order chi connectivity index (χ1) is 71.1. The fourth-order valence-corrected chi connectivity index (χ4v) is 19.7. The van der Waals surface area contributed by atoms with Gasteiger partial charge in [-0.2, -0.15) is 5.26 Å². The third kappa shape index (κ3) is 61.1. The van der Waals surface area contributed by atoms with Crippen molar-refractivity contribution in [2.75, 3.05) is 85.7 Å². The van der Waals surface area contributed by atoms with Crippen LogP contribution in [0, 0.1) is 23.2 Å². The van der Waals surface area contributed by atoms with Crippen LogP contribution in [0.25, 0.3) is 0 Å². The van der Waals surface area contributed by atoms with Gasteiger partial charge in [0.15, 0.2) is 63.9 Å². The molecule has 3 rings (SSSR count). The zero-order chi connectivity index (χ0) is 110. The number of hydrogen-bond donors (Lipinski definition) is 8. The molecule has 149 heavy (non-hydrogen) atoms. The fraction of sp³-hybridized carbons (Fsp3) is 0.827. The Kier molecular flexibility index (Phi) is 71.4. The summed E-state index contributed by atoms with van der Waals surface area (Å²) in [6, 6.07) is -3.17. The number of unbranched alkanes of at least 4 members (excludes halogenated alkanes) is 26. The first-order valence-electron chi connectivity index (χ1n) is 53.6. The number of nitrogens with one attached hydrogen (secondary N) is 8. The lowest BCUT2D eigenvalue weighted by Gasteiger charge is -2.44. The highest BCUT2D eigenvalue weighted by molar-refractivity contribution is 7.48. The van der Waals surface area contributed by atoms with Crippen LogP contribution in [-0.4, -0.2) is 296 Å². The first kappa shape index (κ1) is 134. The molecular formula is C104H176N9O35P. The Morgan fingerprint density at radius 2 is 0.597 bits per heavy atom. The number of amides is 8. The molecule has 0 aromatic heterocycles. The lowest BCUT2D eigenvalue weighted by Crippen LogP contribution is -2.66. The summed E-state index contributed by atoms with van der Waals surface area (Å²) in [5, 5.41) is 32.2. The van der Waals surface area contributed by atoms with E-state index in [1.54, 1.807) is 0 Å². The van der Waals surface area contributed by atoms with Gasteiger partial charge < -0.3 is 127 Å². The predicted octanol–water partition coefficient (Wildman–Crippen LogP) is 10.3. The minimum Gasteiger partial charge on any atom is -0.463 e. The van der Waals surface area contributed by atoms with Gasteiger partial charge in [-0.05, 0) is 88.9 Å². The van der Waals surface area contributed by atoms with E-state index in [1.807, 2.05) is 0 Å². The summed E-state index contributed by atoms with van der Waals surface area (Å²) in [6.45, 7) is 23.9. The molecule has 18 unspecified atom stereocenters. The Bertz CT molecular complexity index is 4010. The van der Waals surface area contributed by atoms with Crippen molar-refractivity contribution in [2.45, 2.75) is 458 Å². The summed E-state index contributed by atoms with van der Waals surface area (Å²) in [5.41, 5.74) is 0.109. The number of carbonyl (C=O) groups excluding carboxylic acids is 17. The maximum atomic E-state index is 14.7. The third-order valence-corrected chi connectivity index (χ3v) is 27.1. The van der Waals surface area contributed by atoms with Crippen LogP contribution >= 0.6 is 8.38 Å². The molecule has 0 radical (unpaired) electrons. The van der Waals surface area contributed by atoms with E-state index < -0.39 is 196 Å². The molecule has 0 bridgehead atoms. The Balaban J connectivity index is 1.65. The maximum Gasteiger partial charge on any atom is 0.303 e. The predicted molar refractivity (Wildman–Crippen MR) is 542 cm³/mol. The van der Waals surface area contributed by atoms with E-state index in [0.29, 0.717) is 90.1 Å². The Morgan fingerprint density at radius 1 is 0.302 bits per heavy atom. The van der Waals surface area contributed by atoms with E-state index >= 15 is 0 Å². The molecule has 3 aliphatic heterocycles. The van der Waals surface area contributed by atoms with Gasteiger partial charge in [-0.15, -0.1) is 0 Å². The quantitative estimate of drug-likeness (QED) is 0.0121. The number of ether oxygens (including phenoxy) is 16. The molecule has 45 heteroatoms. The van der Waals surface area contributed by atoms with Crippen molar-refractivity contribution in [2.24, 2.45) is 11.8 Å². The van der Waals surface area contributed by atoms with Gasteiger partial charge in [-0.25, -0.2) is 0 Å². The zero-order valence-corrected chi connectivity index (χ0v) is 92.0. The van der Waals surface area contributed by atoms with E-state index in [1.165, 1.54) is 69.2 Å². The third-order valence-electron chi connectivity index (χ3n) is 24.5. The van der Waals surface area contributed by atoms with Crippen LogP contribution in [0.2, 0.25) is 0 Å². The van der Waals surface area contributed by atoms with E-state index in [-0.39, 0.29) is 134 Å². The molecule has 18 atom stereocenters. The molecule has 3 heterocycles. The standard InChI is InChI=1S/C104H176N9O35P/c1-68(2)99(69(3)4)149(138-61-48-54-105)139-64-63-131-62-57-108-100(129)82(49-41-43-55-106-87(126)51-38-32-26-20-17-23-29-35-45-58-132-102-90(109-70(5)114)96(143-79(14)123)93(140-76(11)120)84(146-102)65-135-73(8)117)113-101(130)83(112-89(128)53-40-34-28-22-19-25-31-37-47-60-134-104-92(111-72(7)116)98(145-81(16)125)95(142-78(13)122)86(148-104)67-137-75(10)119)50-42-44-56-107-88(127)52-39-33-27-21-18-24-30-36-46-59-133-103-91(110-71(6)115)97(144-80(15)124)94(141-77(12)121)85(147-103)66-136-74(9)118/h68-69,82-86,90-99,102-104H,17-53,55-67H2,1-16H3,(H,106,126)(H,107,127)(H,108,129)(H,109,114)(H,110,115)(H,111,116)(H,112,128)(H,113,130). The van der Waals surface area contributed by atoms with E-state index in [2.05, 4.69) is 76.3 Å². The fourth-order valence-electron chi connectivity index (χ4n) is 17.7. The van der Waals surface area contributed by atoms with Gasteiger partial charge in [0.25, 0.3) is 0 Å². The minimum atomic E-state index is -1.35. The molecule has 0 saturated carbocycles. The summed E-state index contributed by atoms with van der Waals surface area (Å²) >= 11 is 0. The van der Waals surface area contributed by atoms with Crippen LogP contribution in [-0.2, 0) is 166 Å². The SMILES string of the molecule is CC(=O)NC1C(OCCCCCCCCCCCC(=O)NCCCCC(NC(=O)CCCCCCCCCCCOC2OC(COC(C)=O)C(OC(C)=O)C(OC(C)=O)C2NC(C)=O)C(=O)NC(CCCCNC(=O)CCCCCCCCCCCOC2OC(COC(C)=O)C(OC(C)=O)C(OC(C)=O)C2NC(C)=O)C(=O)NCCOCCOP(OCCC#N)C(C(C)C)C(C)C)OC(COC(C)=O)C(OC(C)=O)C1OC(C)=O. The molecular weight excluding hydrogens is 1970 g/mol. The highest BCUT2D eigenvalue weighted by atomic mass is 31.2. The van der Waals surface area contributed by atoms with Crippen LogP contribution in [0.15, 0.2) is 0 Å². The van der Waals surface area contributed by atoms with Crippen molar-refractivity contribution in [3.05, 3.63) is 0 Å². The highest BCUT2D eigenvalue weighted by Gasteiger charge is 2.55. The number of nitrogens with zero attached hydrogens (tertiary/aromatic N) is 1. The smallest absolute Gasteiger partial charge is 0.303 e. The van der Waals surface area contributed by atoms with Crippen LogP contribution in [0.1, 0.15) is 348 Å². The lowest BCUT2D eigenvalue weighted by molar-refractivity contribution is -0.277. The molecule has 8 amide bonds. The van der Waals surface area contributed by atoms with Crippen molar-refractivity contribution < 1.29 is 166 Å². The monoisotopic (exact) mass is 2140 g/mol. The molecule has 44 nitrogen and oxygen atoms in total. The Hall–Kier alpha value is -9.45. The van der Waals surface area contributed by atoms with Gasteiger partial charge in [-0.1, -0.05) is 163 Å². The zero-order valence-electron chi connectivity index (χ0n) is 91.1. The van der Waals surface area contributed by atoms with Gasteiger partial charge in [0.2, 0.25) is 47.3 Å². The second-order valence-corrected chi connectivity index (χ2v) is 40.4. The largest absolute Gasteiger partial charge is 0.463 e. The summed E-state index contributed by atoms with van der Waals surface area (Å²) in [5.74, 6) is -8.65. The maximum absolute atomic E-state index is 14.7. The summed E-state index contributed by atoms with van der Waals surface area (Å²) < 4.78 is 104. The summed E-state index contributed by atoms with van der Waals surface area (Å²) in [4.78, 5) is 215. The molecule has 0 spiro atoms. The van der Waals surface area contributed by atoms with Crippen LogP contribution in [0.4, 0.5) is 0 Å². The number of carbonyl (C=O) groups is 17. The van der Waals surface area contributed by atoms with Gasteiger partial charge in [0.1, 0.15) is 68.3 Å². The molecule has 0 aliphatic carbocycles. The van der Waals surface area contributed by atoms with Crippen molar-refractivity contribution >= 4 is 109 Å². The average molecular weight is 2140 g/mol. The molecule has 8 N–H and O–H groups in total. The van der Waals surface area contributed by atoms with Crippen molar-refractivity contribution in [3.8, 4) is 6.07 Å². The van der Waals surface area contributed by atoms with Crippen molar-refractivity contribution in [3.63, 3.8) is 0 Å². The molecule has 852 valence electrons. The Labute approximate surface area is 881 Å². The average Bonchev–Trinajstić information content (AvgIpc) is 0.792. The Morgan fingerprint density at radius 3 is 0.899 bits per heavy atom. The summed E-state index contributed by atoms with van der Waals surface area (Å²) in [6.07, 6.45) is 11.8. The van der Waals surface area contributed by atoms with Crippen LogP contribution in [0.3, 0.4) is 0 Å². The number of esters is 9. The van der Waals surface area contributed by atoms with Crippen LogP contribution in [0.5, 0.6) is 0 Å². The van der Waals surface area contributed by atoms with E-state index in [0.717, 1.165) is 149 Å². The molecule has 0 aromatic carbocycles. The normalized spacial score (nSPS) is 21.0. The number of rotatable bonds is 81.